The highest BCUT2D eigenvalue weighted by atomic mass is 16.5. The number of benzene rings is 3. The quantitative estimate of drug-likeness (QED) is 0.359. The number of aryl methyl sites for hydroxylation is 1. The summed E-state index contributed by atoms with van der Waals surface area (Å²) in [4.78, 5) is 0. The molecule has 1 atom stereocenters. The number of rotatable bonds is 5. The van der Waals surface area contributed by atoms with Gasteiger partial charge in [-0.05, 0) is 18.9 Å². The maximum Gasteiger partial charge on any atom is 0.166 e. The van der Waals surface area contributed by atoms with Gasteiger partial charge >= 0.3 is 0 Å². The summed E-state index contributed by atoms with van der Waals surface area (Å²) in [5.41, 5.74) is 7.42. The van der Waals surface area contributed by atoms with Crippen LogP contribution in [-0.2, 0) is 11.2 Å². The molecule has 152 valence electrons. The lowest BCUT2D eigenvalue weighted by atomic mass is 9.96. The van der Waals surface area contributed by atoms with Gasteiger partial charge < -0.3 is 4.74 Å². The first-order chi connectivity index (χ1) is 15.3. The van der Waals surface area contributed by atoms with Crippen LogP contribution in [0.1, 0.15) is 39.7 Å². The third kappa shape index (κ3) is 3.38. The molecule has 0 amide bonds. The fourth-order valence-electron chi connectivity index (χ4n) is 4.24. The second-order valence-electron chi connectivity index (χ2n) is 7.67. The van der Waals surface area contributed by atoms with Crippen molar-refractivity contribution in [2.45, 2.75) is 19.4 Å². The van der Waals surface area contributed by atoms with Gasteiger partial charge in [0.1, 0.15) is 5.70 Å². The number of aromatic nitrogens is 2. The van der Waals surface area contributed by atoms with Crippen molar-refractivity contribution in [3.8, 4) is 0 Å². The number of fused-ring (bicyclic) bond motifs is 1. The number of hydrogen-bond acceptors (Lipinski definition) is 2. The first-order valence-corrected chi connectivity index (χ1v) is 10.5. The maximum absolute atomic E-state index is 6.84. The third-order valence-corrected chi connectivity index (χ3v) is 5.67. The lowest BCUT2D eigenvalue weighted by Crippen LogP contribution is -2.21. The lowest BCUT2D eigenvalue weighted by molar-refractivity contribution is 0.191. The van der Waals surface area contributed by atoms with Gasteiger partial charge in [0.15, 0.2) is 11.9 Å². The maximum atomic E-state index is 6.84. The minimum Gasteiger partial charge on any atom is -0.476 e. The van der Waals surface area contributed by atoms with Crippen molar-refractivity contribution in [1.82, 2.24) is 9.78 Å². The highest BCUT2D eigenvalue weighted by molar-refractivity contribution is 5.89. The molecule has 0 spiro atoms. The second-order valence-corrected chi connectivity index (χ2v) is 7.67. The summed E-state index contributed by atoms with van der Waals surface area (Å²) in [6, 6.07) is 31.0. The van der Waals surface area contributed by atoms with Crippen molar-refractivity contribution < 1.29 is 4.74 Å². The van der Waals surface area contributed by atoms with Crippen molar-refractivity contribution in [2.24, 2.45) is 0 Å². The number of hydrogen-bond donors (Lipinski definition) is 0. The lowest BCUT2D eigenvalue weighted by Gasteiger charge is -2.31. The zero-order chi connectivity index (χ0) is 21.2. The van der Waals surface area contributed by atoms with Crippen molar-refractivity contribution in [2.75, 3.05) is 0 Å². The van der Waals surface area contributed by atoms with Crippen LogP contribution in [0.15, 0.2) is 104 Å². The molecule has 0 fully saturated rings. The van der Waals surface area contributed by atoms with Gasteiger partial charge in [0.25, 0.3) is 0 Å². The van der Waals surface area contributed by atoms with Crippen LogP contribution < -0.4 is 0 Å². The molecule has 0 N–H and O–H groups in total. The van der Waals surface area contributed by atoms with Crippen LogP contribution in [0.2, 0.25) is 0 Å². The average Bonchev–Trinajstić information content (AvgIpc) is 3.15. The molecule has 1 aliphatic heterocycles. The average molecular weight is 405 g/mol. The molecule has 0 bridgehead atoms. The molecule has 1 aliphatic rings. The molecule has 5 rings (SSSR count). The van der Waals surface area contributed by atoms with Crippen LogP contribution in [-0.4, -0.2) is 9.78 Å². The molecule has 0 saturated carbocycles. The number of allylic oxidation sites excluding steroid dienone is 1. The van der Waals surface area contributed by atoms with Gasteiger partial charge in [0, 0.05) is 16.7 Å². The summed E-state index contributed by atoms with van der Waals surface area (Å²) < 4.78 is 8.93. The van der Waals surface area contributed by atoms with Gasteiger partial charge in [-0.25, -0.2) is 4.68 Å². The highest BCUT2D eigenvalue weighted by Crippen LogP contribution is 2.44. The molecule has 0 saturated heterocycles. The van der Waals surface area contributed by atoms with Crippen LogP contribution in [0.25, 0.3) is 11.5 Å². The largest absolute Gasteiger partial charge is 0.476 e. The third-order valence-electron chi connectivity index (χ3n) is 5.67. The van der Waals surface area contributed by atoms with E-state index in [9.17, 15) is 0 Å². The van der Waals surface area contributed by atoms with E-state index in [0.29, 0.717) is 0 Å². The molecule has 1 aromatic heterocycles. The van der Waals surface area contributed by atoms with Gasteiger partial charge in [-0.3, -0.25) is 0 Å². The number of nitrogens with zero attached hydrogens (tertiary/aromatic N) is 2. The van der Waals surface area contributed by atoms with E-state index in [0.717, 1.165) is 46.0 Å². The van der Waals surface area contributed by atoms with Gasteiger partial charge in [-0.15, -0.1) is 6.58 Å². The summed E-state index contributed by atoms with van der Waals surface area (Å²) in [6.45, 7) is 6.04. The van der Waals surface area contributed by atoms with Crippen LogP contribution in [0.5, 0.6) is 0 Å². The summed E-state index contributed by atoms with van der Waals surface area (Å²) in [6.07, 6.45) is 2.43. The molecule has 1 unspecified atom stereocenters. The summed E-state index contributed by atoms with van der Waals surface area (Å²) >= 11 is 0. The van der Waals surface area contributed by atoms with Crippen LogP contribution in [0.4, 0.5) is 0 Å². The Balaban J connectivity index is 1.83. The topological polar surface area (TPSA) is 27.1 Å². The minimum atomic E-state index is -0.250. The normalized spacial score (nSPS) is 15.3. The van der Waals surface area contributed by atoms with Gasteiger partial charge in [0.05, 0.1) is 11.4 Å². The van der Waals surface area contributed by atoms with E-state index in [-0.39, 0.29) is 6.10 Å². The molecule has 3 aromatic carbocycles. The van der Waals surface area contributed by atoms with Gasteiger partial charge in [-0.1, -0.05) is 97.1 Å². The minimum absolute atomic E-state index is 0.250. The second kappa shape index (κ2) is 8.11. The first kappa shape index (κ1) is 19.1. The Hall–Kier alpha value is -3.85. The van der Waals surface area contributed by atoms with Gasteiger partial charge in [-0.2, -0.15) is 5.10 Å². The highest BCUT2D eigenvalue weighted by Gasteiger charge is 2.35. The Morgan fingerprint density at radius 2 is 1.45 bits per heavy atom. The molecule has 3 nitrogen and oxygen atoms in total. The SMILES string of the molecule is C=CCc1c(C)nn2c1C(c1ccccc1)OC(c1ccccc1)=C2c1ccccc1. The van der Waals surface area contributed by atoms with Crippen molar-refractivity contribution in [3.63, 3.8) is 0 Å². The van der Waals surface area contributed by atoms with E-state index in [1.165, 1.54) is 5.56 Å². The zero-order valence-corrected chi connectivity index (χ0v) is 17.5. The molecule has 3 heteroatoms. The van der Waals surface area contributed by atoms with E-state index in [1.807, 2.05) is 36.4 Å². The fourth-order valence-corrected chi connectivity index (χ4v) is 4.24. The molecule has 0 radical (unpaired) electrons. The van der Waals surface area contributed by atoms with E-state index in [1.54, 1.807) is 0 Å². The predicted molar refractivity (Wildman–Crippen MR) is 125 cm³/mol. The molecular weight excluding hydrogens is 380 g/mol. The Kier molecular flexibility index (Phi) is 5.01. The van der Waals surface area contributed by atoms with Crippen LogP contribution in [0.3, 0.4) is 0 Å². The monoisotopic (exact) mass is 404 g/mol. The molecule has 2 heterocycles. The molecule has 31 heavy (non-hydrogen) atoms. The Labute approximate surface area is 182 Å². The molecule has 4 aromatic rings. The Bertz CT molecular complexity index is 1240. The fraction of sp³-hybridized carbons (Fsp3) is 0.107. The smallest absolute Gasteiger partial charge is 0.166 e. The predicted octanol–water partition coefficient (Wildman–Crippen LogP) is 6.41. The molecule has 0 aliphatic carbocycles. The van der Waals surface area contributed by atoms with Crippen LogP contribution in [0, 0.1) is 6.92 Å². The van der Waals surface area contributed by atoms with Crippen molar-refractivity contribution in [3.05, 3.63) is 137 Å². The standard InChI is InChI=1S/C28H24N2O/c1-3-13-24-20(2)29-30-25(21-14-7-4-8-15-21)27(22-16-9-5-10-17-22)31-28(26(24)30)23-18-11-6-12-19-23/h3-12,14-19,28H,1,13H2,2H3. The Morgan fingerprint density at radius 1 is 0.871 bits per heavy atom. The first-order valence-electron chi connectivity index (χ1n) is 10.5. The van der Waals surface area contributed by atoms with E-state index < -0.39 is 0 Å². The zero-order valence-electron chi connectivity index (χ0n) is 17.5. The summed E-state index contributed by atoms with van der Waals surface area (Å²) in [5, 5.41) is 5.01. The summed E-state index contributed by atoms with van der Waals surface area (Å²) in [5.74, 6) is 0.834. The molecular formula is C28H24N2O. The van der Waals surface area contributed by atoms with E-state index in [4.69, 9.17) is 9.84 Å². The van der Waals surface area contributed by atoms with Crippen LogP contribution >= 0.6 is 0 Å². The van der Waals surface area contributed by atoms with E-state index >= 15 is 0 Å². The number of ether oxygens (including phenoxy) is 1. The summed E-state index contributed by atoms with van der Waals surface area (Å²) in [7, 11) is 0. The Morgan fingerprint density at radius 3 is 2.06 bits per heavy atom. The van der Waals surface area contributed by atoms with Crippen molar-refractivity contribution >= 4 is 11.5 Å². The van der Waals surface area contributed by atoms with Gasteiger partial charge in [0.2, 0.25) is 0 Å². The van der Waals surface area contributed by atoms with E-state index in [2.05, 4.69) is 78.8 Å². The van der Waals surface area contributed by atoms with Crippen molar-refractivity contribution in [1.29, 1.82) is 0 Å².